The van der Waals surface area contributed by atoms with E-state index in [1.165, 1.54) is 0 Å². The second-order valence-electron chi connectivity index (χ2n) is 8.75. The molecule has 0 saturated carbocycles. The summed E-state index contributed by atoms with van der Waals surface area (Å²) in [6.45, 7) is 6.94. The number of carbonyl (C=O) groups excluding carboxylic acids is 1. The lowest BCUT2D eigenvalue weighted by molar-refractivity contribution is -0.131. The van der Waals surface area contributed by atoms with Gasteiger partial charge in [0.25, 0.3) is 0 Å². The van der Waals surface area contributed by atoms with Gasteiger partial charge in [-0.1, -0.05) is 19.1 Å². The van der Waals surface area contributed by atoms with Crippen LogP contribution in [0.4, 0.5) is 0 Å². The zero-order valence-electron chi connectivity index (χ0n) is 20.0. The average Bonchev–Trinajstić information content (AvgIpc) is 3.30. The summed E-state index contributed by atoms with van der Waals surface area (Å²) in [4.78, 5) is 29.3. The molecule has 0 spiro atoms. The second kappa shape index (κ2) is 10.1. The van der Waals surface area contributed by atoms with E-state index in [1.807, 2.05) is 48.5 Å². The maximum absolute atomic E-state index is 13.4. The van der Waals surface area contributed by atoms with E-state index < -0.39 is 0 Å². The van der Waals surface area contributed by atoms with Crippen molar-refractivity contribution >= 4 is 5.91 Å². The summed E-state index contributed by atoms with van der Waals surface area (Å²) in [5, 5.41) is 0. The minimum atomic E-state index is -0.0435. The highest BCUT2D eigenvalue weighted by Crippen LogP contribution is 2.37. The van der Waals surface area contributed by atoms with Crippen molar-refractivity contribution in [1.82, 2.24) is 19.9 Å². The molecule has 0 unspecified atom stereocenters. The van der Waals surface area contributed by atoms with Crippen LogP contribution in [0.2, 0.25) is 0 Å². The molecule has 1 aromatic carbocycles. The number of aryl methyl sites for hydroxylation is 3. The van der Waals surface area contributed by atoms with Crippen LogP contribution in [0.3, 0.4) is 0 Å². The lowest BCUT2D eigenvalue weighted by atomic mass is 9.97. The van der Waals surface area contributed by atoms with Gasteiger partial charge in [-0.25, -0.2) is 9.97 Å². The number of aromatic nitrogens is 3. The zero-order valence-corrected chi connectivity index (χ0v) is 20.0. The van der Waals surface area contributed by atoms with Crippen molar-refractivity contribution in [3.63, 3.8) is 0 Å². The van der Waals surface area contributed by atoms with Gasteiger partial charge in [0, 0.05) is 37.1 Å². The van der Waals surface area contributed by atoms with Gasteiger partial charge in [0.1, 0.15) is 11.6 Å². The molecule has 4 rings (SSSR count). The first-order chi connectivity index (χ1) is 16.0. The summed E-state index contributed by atoms with van der Waals surface area (Å²) < 4.78 is 5.36. The Morgan fingerprint density at radius 3 is 2.73 bits per heavy atom. The van der Waals surface area contributed by atoms with Crippen LogP contribution in [0.25, 0.3) is 11.1 Å². The van der Waals surface area contributed by atoms with E-state index >= 15 is 0 Å². The van der Waals surface area contributed by atoms with E-state index in [4.69, 9.17) is 9.72 Å². The lowest BCUT2D eigenvalue weighted by Crippen LogP contribution is -2.32. The molecule has 1 saturated heterocycles. The monoisotopic (exact) mass is 444 g/mol. The van der Waals surface area contributed by atoms with Crippen LogP contribution in [0, 0.1) is 13.8 Å². The predicted octanol–water partition coefficient (Wildman–Crippen LogP) is 5.02. The van der Waals surface area contributed by atoms with Crippen molar-refractivity contribution in [3.8, 4) is 16.9 Å². The fourth-order valence-corrected chi connectivity index (χ4v) is 4.69. The summed E-state index contributed by atoms with van der Waals surface area (Å²) in [5.41, 5.74) is 6.15. The molecule has 0 radical (unpaired) electrons. The number of carbonyl (C=O) groups is 1. The molecule has 1 aliphatic rings. The number of ether oxygens (including phenoxy) is 1. The van der Waals surface area contributed by atoms with Gasteiger partial charge in [0.05, 0.1) is 25.3 Å². The number of pyridine rings is 1. The van der Waals surface area contributed by atoms with Crippen molar-refractivity contribution in [1.29, 1.82) is 0 Å². The molecule has 33 heavy (non-hydrogen) atoms. The number of rotatable bonds is 7. The minimum Gasteiger partial charge on any atom is -0.496 e. The van der Waals surface area contributed by atoms with Crippen LogP contribution in [0.5, 0.6) is 5.75 Å². The van der Waals surface area contributed by atoms with Gasteiger partial charge in [0.2, 0.25) is 5.91 Å². The molecule has 0 bridgehead atoms. The molecule has 3 heterocycles. The fraction of sp³-hybridized carbons (Fsp3) is 0.407. The third kappa shape index (κ3) is 4.90. The van der Waals surface area contributed by atoms with Crippen LogP contribution in [-0.2, 0) is 17.6 Å². The summed E-state index contributed by atoms with van der Waals surface area (Å²) in [5.74, 6) is 1.82. The Kier molecular flexibility index (Phi) is 7.02. The van der Waals surface area contributed by atoms with E-state index in [1.54, 1.807) is 13.3 Å². The summed E-state index contributed by atoms with van der Waals surface area (Å²) in [7, 11) is 1.67. The third-order valence-corrected chi connectivity index (χ3v) is 6.36. The van der Waals surface area contributed by atoms with Crippen LogP contribution in [0.1, 0.15) is 60.4 Å². The summed E-state index contributed by atoms with van der Waals surface area (Å²) in [6.07, 6.45) is 9.66. The van der Waals surface area contributed by atoms with Gasteiger partial charge in [0.15, 0.2) is 0 Å². The minimum absolute atomic E-state index is 0.0435. The van der Waals surface area contributed by atoms with Crippen molar-refractivity contribution in [2.24, 2.45) is 0 Å². The topological polar surface area (TPSA) is 68.2 Å². The maximum atomic E-state index is 13.4. The maximum Gasteiger partial charge on any atom is 0.227 e. The Bertz CT molecular complexity index is 1140. The van der Waals surface area contributed by atoms with Gasteiger partial charge >= 0.3 is 0 Å². The van der Waals surface area contributed by atoms with E-state index in [-0.39, 0.29) is 11.9 Å². The van der Waals surface area contributed by atoms with Gasteiger partial charge < -0.3 is 9.64 Å². The predicted molar refractivity (Wildman–Crippen MR) is 129 cm³/mol. The first kappa shape index (κ1) is 22.9. The van der Waals surface area contributed by atoms with Gasteiger partial charge in [-0.3, -0.25) is 9.78 Å². The summed E-state index contributed by atoms with van der Waals surface area (Å²) >= 11 is 0. The lowest BCUT2D eigenvalue weighted by Gasteiger charge is -2.27. The van der Waals surface area contributed by atoms with Gasteiger partial charge in [-0.2, -0.15) is 0 Å². The largest absolute Gasteiger partial charge is 0.496 e. The molecule has 6 nitrogen and oxygen atoms in total. The number of methoxy groups -OCH3 is 1. The second-order valence-corrected chi connectivity index (χ2v) is 8.75. The summed E-state index contributed by atoms with van der Waals surface area (Å²) in [6, 6.07) is 7.92. The SMILES string of the molecule is CCCc1ncc(-c2ccncc2C)c([C@H]2CCCN2C(=O)Cc2ccc(OC)c(C)c2)n1. The Hall–Kier alpha value is -3.28. The van der Waals surface area contributed by atoms with Crippen LogP contribution >= 0.6 is 0 Å². The van der Waals surface area contributed by atoms with Crippen molar-refractivity contribution in [3.05, 3.63) is 71.1 Å². The molecule has 172 valence electrons. The number of hydrogen-bond acceptors (Lipinski definition) is 5. The van der Waals surface area contributed by atoms with E-state index in [9.17, 15) is 4.79 Å². The zero-order chi connectivity index (χ0) is 23.4. The van der Waals surface area contributed by atoms with Crippen molar-refractivity contribution in [2.45, 2.75) is 58.9 Å². The Morgan fingerprint density at radius 2 is 2.00 bits per heavy atom. The van der Waals surface area contributed by atoms with Gasteiger partial charge in [-0.05, 0) is 67.5 Å². The molecule has 6 heteroatoms. The Balaban J connectivity index is 1.67. The molecule has 0 N–H and O–H groups in total. The molecule has 1 aliphatic heterocycles. The van der Waals surface area contributed by atoms with E-state index in [2.05, 4.69) is 23.8 Å². The number of amides is 1. The molecular formula is C27H32N4O2. The van der Waals surface area contributed by atoms with Crippen molar-refractivity contribution in [2.75, 3.05) is 13.7 Å². The standard InChI is InChI=1S/C27H32N4O2/c1-5-7-25-29-17-22(21-11-12-28-16-19(21)3)27(30-25)23-8-6-13-31(23)26(32)15-20-9-10-24(33-4)18(2)14-20/h9-12,14,16-17,23H,5-8,13,15H2,1-4H3/t23-/m1/s1. The molecule has 2 aromatic heterocycles. The first-order valence-corrected chi connectivity index (χ1v) is 11.7. The molecule has 0 aliphatic carbocycles. The molecule has 1 fully saturated rings. The normalized spacial score (nSPS) is 15.6. The highest BCUT2D eigenvalue weighted by atomic mass is 16.5. The highest BCUT2D eigenvalue weighted by Gasteiger charge is 2.33. The van der Waals surface area contributed by atoms with Crippen LogP contribution < -0.4 is 4.74 Å². The third-order valence-electron chi connectivity index (χ3n) is 6.36. The van der Waals surface area contributed by atoms with E-state index in [0.29, 0.717) is 6.42 Å². The number of benzene rings is 1. The molecular weight excluding hydrogens is 412 g/mol. The molecule has 3 aromatic rings. The first-order valence-electron chi connectivity index (χ1n) is 11.7. The van der Waals surface area contributed by atoms with Gasteiger partial charge in [-0.15, -0.1) is 0 Å². The van der Waals surface area contributed by atoms with Crippen molar-refractivity contribution < 1.29 is 9.53 Å². The smallest absolute Gasteiger partial charge is 0.227 e. The quantitative estimate of drug-likeness (QED) is 0.512. The molecule has 1 atom stereocenters. The number of likely N-dealkylation sites (tertiary alicyclic amines) is 1. The number of nitrogens with zero attached hydrogens (tertiary/aromatic N) is 4. The van der Waals surface area contributed by atoms with E-state index in [0.717, 1.165) is 77.3 Å². The highest BCUT2D eigenvalue weighted by molar-refractivity contribution is 5.80. The molecule has 1 amide bonds. The number of hydrogen-bond donors (Lipinski definition) is 0. The Labute approximate surface area is 196 Å². The Morgan fingerprint density at radius 1 is 1.15 bits per heavy atom. The van der Waals surface area contributed by atoms with Crippen LogP contribution in [0.15, 0.2) is 42.9 Å². The average molecular weight is 445 g/mol. The van der Waals surface area contributed by atoms with Crippen LogP contribution in [-0.4, -0.2) is 39.4 Å². The fourth-order valence-electron chi connectivity index (χ4n) is 4.69.